The maximum Gasteiger partial charge on any atom is 0.132 e. The van der Waals surface area contributed by atoms with Gasteiger partial charge in [-0.15, -0.1) is 0 Å². The highest BCUT2D eigenvalue weighted by atomic mass is 32.2. The van der Waals surface area contributed by atoms with E-state index in [0.717, 1.165) is 21.2 Å². The van der Waals surface area contributed by atoms with Gasteiger partial charge in [-0.2, -0.15) is 0 Å². The first-order chi connectivity index (χ1) is 8.20. The Bertz CT molecular complexity index is 525. The Labute approximate surface area is 106 Å². The van der Waals surface area contributed by atoms with Crippen molar-refractivity contribution >= 4 is 17.4 Å². The Hall–Kier alpha value is -1.61. The van der Waals surface area contributed by atoms with Crippen molar-refractivity contribution in [1.29, 1.82) is 0 Å². The molecule has 17 heavy (non-hydrogen) atoms. The van der Waals surface area contributed by atoms with Crippen LogP contribution in [0.4, 0.5) is 5.69 Å². The van der Waals surface area contributed by atoms with E-state index in [-0.39, 0.29) is 0 Å². The van der Waals surface area contributed by atoms with Gasteiger partial charge < -0.3 is 10.5 Å². The number of nitrogens with two attached hydrogens (primary N) is 1. The fourth-order valence-electron chi connectivity index (χ4n) is 1.58. The van der Waals surface area contributed by atoms with Crippen molar-refractivity contribution in [3.05, 3.63) is 48.0 Å². The average molecular weight is 245 g/mol. The van der Waals surface area contributed by atoms with Gasteiger partial charge >= 0.3 is 0 Å². The normalized spacial score (nSPS) is 10.2. The van der Waals surface area contributed by atoms with Crippen LogP contribution in [-0.4, -0.2) is 7.11 Å². The zero-order chi connectivity index (χ0) is 12.3. The minimum absolute atomic E-state index is 0.806. The number of ether oxygens (including phenoxy) is 1. The third-order valence-corrected chi connectivity index (χ3v) is 3.60. The molecule has 2 aromatic carbocycles. The molecule has 0 fully saturated rings. The zero-order valence-electron chi connectivity index (χ0n) is 9.94. The van der Waals surface area contributed by atoms with Crippen molar-refractivity contribution in [2.24, 2.45) is 0 Å². The number of rotatable bonds is 3. The summed E-state index contributed by atoms with van der Waals surface area (Å²) in [6.07, 6.45) is 0. The molecule has 2 N–H and O–H groups in total. The predicted octanol–water partition coefficient (Wildman–Crippen LogP) is 3.74. The first kappa shape index (κ1) is 11.9. The minimum atomic E-state index is 0.806. The van der Waals surface area contributed by atoms with Crippen molar-refractivity contribution < 1.29 is 4.74 Å². The number of nitrogen functional groups attached to an aromatic ring is 1. The van der Waals surface area contributed by atoms with Gasteiger partial charge in [0.15, 0.2) is 0 Å². The molecule has 0 aliphatic rings. The van der Waals surface area contributed by atoms with Crippen LogP contribution in [0.1, 0.15) is 5.56 Å². The van der Waals surface area contributed by atoms with Crippen molar-refractivity contribution in [3.63, 3.8) is 0 Å². The summed E-state index contributed by atoms with van der Waals surface area (Å²) in [7, 11) is 1.68. The highest BCUT2D eigenvalue weighted by molar-refractivity contribution is 7.99. The van der Waals surface area contributed by atoms with Gasteiger partial charge in [-0.05, 0) is 36.8 Å². The van der Waals surface area contributed by atoms with Crippen LogP contribution in [0.2, 0.25) is 0 Å². The van der Waals surface area contributed by atoms with E-state index in [4.69, 9.17) is 10.5 Å². The molecule has 0 aliphatic heterocycles. The molecule has 3 heteroatoms. The van der Waals surface area contributed by atoms with E-state index in [1.807, 2.05) is 43.3 Å². The third-order valence-electron chi connectivity index (χ3n) is 2.45. The van der Waals surface area contributed by atoms with Gasteiger partial charge in [-0.25, -0.2) is 0 Å². The molecule has 0 amide bonds. The third kappa shape index (κ3) is 2.74. The van der Waals surface area contributed by atoms with Crippen LogP contribution in [-0.2, 0) is 0 Å². The number of anilines is 1. The first-order valence-corrected chi connectivity index (χ1v) is 6.19. The average Bonchev–Trinajstić information content (AvgIpc) is 2.33. The summed E-state index contributed by atoms with van der Waals surface area (Å²) >= 11 is 1.62. The second kappa shape index (κ2) is 5.15. The summed E-state index contributed by atoms with van der Waals surface area (Å²) in [6.45, 7) is 2.04. The summed E-state index contributed by atoms with van der Waals surface area (Å²) in [5, 5.41) is 0. The largest absolute Gasteiger partial charge is 0.496 e. The van der Waals surface area contributed by atoms with Gasteiger partial charge in [0.2, 0.25) is 0 Å². The van der Waals surface area contributed by atoms with Crippen molar-refractivity contribution in [3.8, 4) is 5.75 Å². The number of aryl methyl sites for hydroxylation is 1. The van der Waals surface area contributed by atoms with Crippen LogP contribution in [0.3, 0.4) is 0 Å². The summed E-state index contributed by atoms with van der Waals surface area (Å²) in [6, 6.07) is 14.0. The van der Waals surface area contributed by atoms with E-state index in [9.17, 15) is 0 Å². The molecule has 2 nitrogen and oxygen atoms in total. The summed E-state index contributed by atoms with van der Waals surface area (Å²) in [4.78, 5) is 2.13. The Balaban J connectivity index is 2.31. The molecule has 0 unspecified atom stereocenters. The highest BCUT2D eigenvalue weighted by Gasteiger charge is 2.06. The highest BCUT2D eigenvalue weighted by Crippen LogP contribution is 2.37. The standard InChI is InChI=1S/C14H15NOS/c1-10-7-8-13(11(15)9-10)17-14-6-4-3-5-12(14)16-2/h3-9H,15H2,1-2H3. The Morgan fingerprint density at radius 3 is 2.53 bits per heavy atom. The molecule has 2 rings (SSSR count). The lowest BCUT2D eigenvalue weighted by atomic mass is 10.2. The zero-order valence-corrected chi connectivity index (χ0v) is 10.8. The van der Waals surface area contributed by atoms with E-state index in [1.54, 1.807) is 18.9 Å². The van der Waals surface area contributed by atoms with E-state index in [0.29, 0.717) is 0 Å². The number of hydrogen-bond donors (Lipinski definition) is 1. The van der Waals surface area contributed by atoms with Gasteiger partial charge in [0, 0.05) is 10.6 Å². The number of benzene rings is 2. The molecule has 0 radical (unpaired) electrons. The fourth-order valence-corrected chi connectivity index (χ4v) is 2.53. The maximum absolute atomic E-state index is 6.00. The van der Waals surface area contributed by atoms with Crippen molar-refractivity contribution in [1.82, 2.24) is 0 Å². The SMILES string of the molecule is COc1ccccc1Sc1ccc(C)cc1N. The fraction of sp³-hybridized carbons (Fsp3) is 0.143. The predicted molar refractivity (Wildman–Crippen MR) is 72.7 cm³/mol. The number of methoxy groups -OCH3 is 1. The van der Waals surface area contributed by atoms with Gasteiger partial charge in [-0.1, -0.05) is 30.0 Å². The van der Waals surface area contributed by atoms with Crippen LogP contribution >= 0.6 is 11.8 Å². The Morgan fingerprint density at radius 2 is 1.82 bits per heavy atom. The molecule has 0 bridgehead atoms. The van der Waals surface area contributed by atoms with Crippen LogP contribution < -0.4 is 10.5 Å². The van der Waals surface area contributed by atoms with Crippen LogP contribution in [0.25, 0.3) is 0 Å². The molecule has 0 atom stereocenters. The van der Waals surface area contributed by atoms with Gasteiger partial charge in [0.05, 0.1) is 12.0 Å². The van der Waals surface area contributed by atoms with Gasteiger partial charge in [0.25, 0.3) is 0 Å². The second-order valence-electron chi connectivity index (χ2n) is 3.79. The van der Waals surface area contributed by atoms with Crippen LogP contribution in [0.5, 0.6) is 5.75 Å². The van der Waals surface area contributed by atoms with Gasteiger partial charge in [-0.3, -0.25) is 0 Å². The van der Waals surface area contributed by atoms with E-state index in [1.165, 1.54) is 5.56 Å². The molecule has 0 aliphatic carbocycles. The van der Waals surface area contributed by atoms with E-state index >= 15 is 0 Å². The van der Waals surface area contributed by atoms with Crippen molar-refractivity contribution in [2.75, 3.05) is 12.8 Å². The molecule has 0 saturated heterocycles. The Kier molecular flexibility index (Phi) is 3.59. The molecule has 2 aromatic rings. The molecule has 0 spiro atoms. The molecule has 0 heterocycles. The van der Waals surface area contributed by atoms with Crippen LogP contribution in [0, 0.1) is 6.92 Å². The van der Waals surface area contributed by atoms with Crippen LogP contribution in [0.15, 0.2) is 52.3 Å². The summed E-state index contributed by atoms with van der Waals surface area (Å²) in [5.74, 6) is 0.873. The Morgan fingerprint density at radius 1 is 1.06 bits per heavy atom. The molecule has 0 saturated carbocycles. The monoisotopic (exact) mass is 245 g/mol. The van der Waals surface area contributed by atoms with Crippen molar-refractivity contribution in [2.45, 2.75) is 16.7 Å². The lowest BCUT2D eigenvalue weighted by Gasteiger charge is -2.09. The number of hydrogen-bond acceptors (Lipinski definition) is 3. The smallest absolute Gasteiger partial charge is 0.132 e. The molecule has 0 aromatic heterocycles. The van der Waals surface area contributed by atoms with E-state index < -0.39 is 0 Å². The second-order valence-corrected chi connectivity index (χ2v) is 4.88. The quantitative estimate of drug-likeness (QED) is 0.837. The van der Waals surface area contributed by atoms with Gasteiger partial charge in [0.1, 0.15) is 5.75 Å². The first-order valence-electron chi connectivity index (χ1n) is 5.37. The van der Waals surface area contributed by atoms with E-state index in [2.05, 4.69) is 6.07 Å². The summed E-state index contributed by atoms with van der Waals surface area (Å²) < 4.78 is 5.32. The molecular weight excluding hydrogens is 230 g/mol. The lowest BCUT2D eigenvalue weighted by molar-refractivity contribution is 0.405. The molecular formula is C14H15NOS. The maximum atomic E-state index is 6.00. The molecule has 88 valence electrons. The minimum Gasteiger partial charge on any atom is -0.496 e. The number of para-hydroxylation sites is 1. The summed E-state index contributed by atoms with van der Waals surface area (Å²) in [5.41, 5.74) is 7.98. The lowest BCUT2D eigenvalue weighted by Crippen LogP contribution is -1.90. The topological polar surface area (TPSA) is 35.2 Å².